The second kappa shape index (κ2) is 5.32. The molecule has 1 heterocycles. The van der Waals surface area contributed by atoms with E-state index < -0.39 is 0 Å². The van der Waals surface area contributed by atoms with E-state index in [1.807, 2.05) is 18.2 Å². The van der Waals surface area contributed by atoms with E-state index in [0.717, 1.165) is 25.9 Å². The van der Waals surface area contributed by atoms with Gasteiger partial charge in [0.1, 0.15) is 0 Å². The first kappa shape index (κ1) is 12.1. The fourth-order valence-electron chi connectivity index (χ4n) is 2.49. The largest absolute Gasteiger partial charge is 0.368 e. The Labute approximate surface area is 103 Å². The molecular formula is C14H20N2O. The van der Waals surface area contributed by atoms with Gasteiger partial charge in [0, 0.05) is 6.54 Å². The highest BCUT2D eigenvalue weighted by atomic mass is 16.1. The number of hydrogen-bond donors (Lipinski definition) is 1. The summed E-state index contributed by atoms with van der Waals surface area (Å²) in [6.45, 7) is 3.97. The molecule has 2 N–H and O–H groups in total. The molecule has 2 atom stereocenters. The highest BCUT2D eigenvalue weighted by Gasteiger charge is 2.29. The summed E-state index contributed by atoms with van der Waals surface area (Å²) >= 11 is 0. The van der Waals surface area contributed by atoms with Gasteiger partial charge in [0.05, 0.1) is 6.04 Å². The zero-order valence-corrected chi connectivity index (χ0v) is 10.3. The van der Waals surface area contributed by atoms with Gasteiger partial charge in [0.15, 0.2) is 0 Å². The molecule has 0 aromatic heterocycles. The molecule has 0 saturated carbocycles. The lowest BCUT2D eigenvalue weighted by atomic mass is 9.91. The fraction of sp³-hybridized carbons (Fsp3) is 0.500. The molecule has 1 aliphatic rings. The lowest BCUT2D eigenvalue weighted by molar-refractivity contribution is -0.125. The van der Waals surface area contributed by atoms with Crippen LogP contribution < -0.4 is 5.73 Å². The Hall–Kier alpha value is -1.35. The Morgan fingerprint density at radius 3 is 2.76 bits per heavy atom. The van der Waals surface area contributed by atoms with Crippen LogP contribution in [0.5, 0.6) is 0 Å². The third-order valence-corrected chi connectivity index (χ3v) is 3.53. The van der Waals surface area contributed by atoms with Gasteiger partial charge in [-0.05, 0) is 30.9 Å². The number of nitrogens with zero attached hydrogens (tertiary/aromatic N) is 1. The third kappa shape index (κ3) is 3.07. The summed E-state index contributed by atoms with van der Waals surface area (Å²) in [4.78, 5) is 13.7. The molecule has 1 aromatic carbocycles. The maximum atomic E-state index is 11.5. The van der Waals surface area contributed by atoms with Crippen LogP contribution in [0.1, 0.15) is 25.3 Å². The first-order valence-corrected chi connectivity index (χ1v) is 6.24. The number of piperidine rings is 1. The average Bonchev–Trinajstić information content (AvgIpc) is 2.32. The maximum absolute atomic E-state index is 11.5. The fourth-order valence-corrected chi connectivity index (χ4v) is 2.49. The number of carbonyl (C=O) groups excluding carboxylic acids is 1. The highest BCUT2D eigenvalue weighted by Crippen LogP contribution is 2.23. The normalized spacial score (nSPS) is 25.7. The molecule has 92 valence electrons. The molecule has 3 heteroatoms. The maximum Gasteiger partial charge on any atom is 0.234 e. The zero-order chi connectivity index (χ0) is 12.3. The lowest BCUT2D eigenvalue weighted by Gasteiger charge is -2.36. The third-order valence-electron chi connectivity index (χ3n) is 3.53. The van der Waals surface area contributed by atoms with Gasteiger partial charge >= 0.3 is 0 Å². The minimum atomic E-state index is -0.188. The van der Waals surface area contributed by atoms with E-state index in [4.69, 9.17) is 5.73 Å². The summed E-state index contributed by atoms with van der Waals surface area (Å²) < 4.78 is 0. The molecule has 2 rings (SSSR count). The summed E-state index contributed by atoms with van der Waals surface area (Å²) in [6, 6.07) is 10.2. The average molecular weight is 232 g/mol. The van der Waals surface area contributed by atoms with Gasteiger partial charge in [-0.2, -0.15) is 0 Å². The Bertz CT molecular complexity index is 377. The van der Waals surface area contributed by atoms with Crippen molar-refractivity contribution >= 4 is 5.91 Å². The van der Waals surface area contributed by atoms with Crippen LogP contribution >= 0.6 is 0 Å². The standard InChI is InChI=1S/C14H20N2O/c1-11-7-8-16(13(9-11)14(15)17)10-12-5-3-2-4-6-12/h2-6,11,13H,7-10H2,1H3,(H2,15,17)/t11-,13-/m1/s1. The predicted molar refractivity (Wildman–Crippen MR) is 68.2 cm³/mol. The van der Waals surface area contributed by atoms with Crippen LogP contribution in [0.2, 0.25) is 0 Å². The van der Waals surface area contributed by atoms with Crippen LogP contribution in [0.3, 0.4) is 0 Å². The number of amides is 1. The molecule has 1 fully saturated rings. The smallest absolute Gasteiger partial charge is 0.234 e. The van der Waals surface area contributed by atoms with Gasteiger partial charge in [0.2, 0.25) is 5.91 Å². The summed E-state index contributed by atoms with van der Waals surface area (Å²) in [7, 11) is 0. The van der Waals surface area contributed by atoms with Crippen LogP contribution in [0.25, 0.3) is 0 Å². The molecule has 3 nitrogen and oxygen atoms in total. The summed E-state index contributed by atoms with van der Waals surface area (Å²) in [5.74, 6) is 0.409. The predicted octanol–water partition coefficient (Wildman–Crippen LogP) is 1.77. The molecule has 0 radical (unpaired) electrons. The molecule has 0 unspecified atom stereocenters. The van der Waals surface area contributed by atoms with E-state index >= 15 is 0 Å². The number of rotatable bonds is 3. The SMILES string of the molecule is C[C@@H]1CCN(Cc2ccccc2)[C@@H](C(N)=O)C1. The van der Waals surface area contributed by atoms with Crippen molar-refractivity contribution in [1.82, 2.24) is 4.90 Å². The second-order valence-electron chi connectivity index (χ2n) is 5.00. The number of primary amides is 1. The van der Waals surface area contributed by atoms with Gasteiger partial charge in [0.25, 0.3) is 0 Å². The lowest BCUT2D eigenvalue weighted by Crippen LogP contribution is -2.48. The van der Waals surface area contributed by atoms with Gasteiger partial charge in [-0.1, -0.05) is 37.3 Å². The van der Waals surface area contributed by atoms with E-state index in [1.54, 1.807) is 0 Å². The Balaban J connectivity index is 2.06. The van der Waals surface area contributed by atoms with Crippen molar-refractivity contribution in [1.29, 1.82) is 0 Å². The van der Waals surface area contributed by atoms with Crippen molar-refractivity contribution in [2.24, 2.45) is 11.7 Å². The van der Waals surface area contributed by atoms with Crippen molar-refractivity contribution in [3.63, 3.8) is 0 Å². The van der Waals surface area contributed by atoms with Gasteiger partial charge in [-0.3, -0.25) is 9.69 Å². The first-order valence-electron chi connectivity index (χ1n) is 6.24. The van der Waals surface area contributed by atoms with Crippen molar-refractivity contribution in [3.8, 4) is 0 Å². The molecule has 0 spiro atoms. The Morgan fingerprint density at radius 1 is 1.41 bits per heavy atom. The van der Waals surface area contributed by atoms with Crippen molar-refractivity contribution in [3.05, 3.63) is 35.9 Å². The van der Waals surface area contributed by atoms with Gasteiger partial charge in [-0.25, -0.2) is 0 Å². The van der Waals surface area contributed by atoms with Crippen LogP contribution in [-0.2, 0) is 11.3 Å². The minimum absolute atomic E-state index is 0.0982. The van der Waals surface area contributed by atoms with Crippen LogP contribution in [0.15, 0.2) is 30.3 Å². The molecule has 1 aliphatic heterocycles. The van der Waals surface area contributed by atoms with E-state index in [9.17, 15) is 4.79 Å². The summed E-state index contributed by atoms with van der Waals surface area (Å²) in [6.07, 6.45) is 2.04. The van der Waals surface area contributed by atoms with Crippen LogP contribution in [-0.4, -0.2) is 23.4 Å². The Morgan fingerprint density at radius 2 is 2.12 bits per heavy atom. The highest BCUT2D eigenvalue weighted by molar-refractivity contribution is 5.80. The number of benzene rings is 1. The van der Waals surface area contributed by atoms with Crippen molar-refractivity contribution in [2.45, 2.75) is 32.4 Å². The molecule has 1 amide bonds. The van der Waals surface area contributed by atoms with Crippen LogP contribution in [0.4, 0.5) is 0 Å². The van der Waals surface area contributed by atoms with Gasteiger partial charge in [-0.15, -0.1) is 0 Å². The molecule has 17 heavy (non-hydrogen) atoms. The topological polar surface area (TPSA) is 46.3 Å². The Kier molecular flexibility index (Phi) is 3.79. The summed E-state index contributed by atoms with van der Waals surface area (Å²) in [5.41, 5.74) is 6.74. The monoisotopic (exact) mass is 232 g/mol. The van der Waals surface area contributed by atoms with E-state index in [1.165, 1.54) is 5.56 Å². The summed E-state index contributed by atoms with van der Waals surface area (Å²) in [5, 5.41) is 0. The molecule has 0 bridgehead atoms. The van der Waals surface area contributed by atoms with E-state index in [0.29, 0.717) is 5.92 Å². The van der Waals surface area contributed by atoms with Gasteiger partial charge < -0.3 is 5.73 Å². The van der Waals surface area contributed by atoms with Crippen molar-refractivity contribution in [2.75, 3.05) is 6.54 Å². The molecule has 1 saturated heterocycles. The molecule has 1 aromatic rings. The zero-order valence-electron chi connectivity index (χ0n) is 10.3. The second-order valence-corrected chi connectivity index (χ2v) is 5.00. The number of carbonyl (C=O) groups is 1. The quantitative estimate of drug-likeness (QED) is 0.863. The number of hydrogen-bond acceptors (Lipinski definition) is 2. The molecule has 0 aliphatic carbocycles. The van der Waals surface area contributed by atoms with E-state index in [-0.39, 0.29) is 11.9 Å². The minimum Gasteiger partial charge on any atom is -0.368 e. The molecular weight excluding hydrogens is 212 g/mol. The first-order chi connectivity index (χ1) is 8.16. The number of nitrogens with two attached hydrogens (primary N) is 1. The van der Waals surface area contributed by atoms with E-state index in [2.05, 4.69) is 24.0 Å². The van der Waals surface area contributed by atoms with Crippen molar-refractivity contribution < 1.29 is 4.79 Å². The number of likely N-dealkylation sites (tertiary alicyclic amines) is 1. The van der Waals surface area contributed by atoms with Crippen LogP contribution in [0, 0.1) is 5.92 Å².